The minimum Gasteiger partial charge on any atom is -0.389 e. The number of rotatable bonds is 5. The summed E-state index contributed by atoms with van der Waals surface area (Å²) >= 11 is 0. The van der Waals surface area contributed by atoms with Crippen molar-refractivity contribution >= 4 is 10.0 Å². The van der Waals surface area contributed by atoms with Gasteiger partial charge in [0.25, 0.3) is 5.92 Å². The molecule has 2 aliphatic heterocycles. The third kappa shape index (κ3) is 4.58. The zero-order valence-electron chi connectivity index (χ0n) is 14.6. The van der Waals surface area contributed by atoms with Gasteiger partial charge in [-0.2, -0.15) is 0 Å². The van der Waals surface area contributed by atoms with E-state index in [2.05, 4.69) is 4.72 Å². The van der Waals surface area contributed by atoms with Crippen LogP contribution in [-0.4, -0.2) is 68.8 Å². The molecule has 2 saturated heterocycles. The zero-order valence-corrected chi connectivity index (χ0v) is 15.4. The van der Waals surface area contributed by atoms with Crippen molar-refractivity contribution in [3.63, 3.8) is 0 Å². The summed E-state index contributed by atoms with van der Waals surface area (Å²) in [4.78, 5) is 1.94. The first-order chi connectivity index (χ1) is 12.2. The predicted molar refractivity (Wildman–Crippen MR) is 91.7 cm³/mol. The maximum absolute atomic E-state index is 13.2. The molecule has 2 aliphatic rings. The highest BCUT2D eigenvalue weighted by atomic mass is 32.2. The van der Waals surface area contributed by atoms with Crippen molar-refractivity contribution in [2.24, 2.45) is 0 Å². The quantitative estimate of drug-likeness (QED) is 0.788. The zero-order chi connectivity index (χ0) is 18.9. The predicted octanol–water partition coefficient (Wildman–Crippen LogP) is 1.13. The molecule has 146 valence electrons. The minimum absolute atomic E-state index is 0.0426. The maximum Gasteiger partial charge on any atom is 0.250 e. The number of piperidine rings is 1. The number of hydrogen-bond donors (Lipinski definition) is 2. The Bertz CT molecular complexity index is 717. The molecule has 2 fully saturated rings. The largest absolute Gasteiger partial charge is 0.389 e. The molecular weight excluding hydrogens is 366 g/mol. The third-order valence-corrected chi connectivity index (χ3v) is 6.45. The van der Waals surface area contributed by atoms with Gasteiger partial charge in [-0.3, -0.25) is 0 Å². The number of nitrogens with zero attached hydrogens (tertiary/aromatic N) is 1. The Morgan fingerprint density at radius 1 is 1.27 bits per heavy atom. The molecule has 0 amide bonds. The molecule has 6 nitrogen and oxygen atoms in total. The fraction of sp³-hybridized carbons (Fsp3) is 0.647. The number of likely N-dealkylation sites (tertiary alicyclic amines) is 1. The van der Waals surface area contributed by atoms with E-state index >= 15 is 0 Å². The van der Waals surface area contributed by atoms with E-state index in [-0.39, 0.29) is 37.4 Å². The first-order valence-corrected chi connectivity index (χ1v) is 10.1. The summed E-state index contributed by atoms with van der Waals surface area (Å²) in [5.41, 5.74) is 0.945. The second-order valence-electron chi connectivity index (χ2n) is 7.06. The lowest BCUT2D eigenvalue weighted by atomic mass is 10.0. The van der Waals surface area contributed by atoms with E-state index in [1.165, 1.54) is 12.1 Å². The number of aliphatic hydroxyl groups excluding tert-OH is 1. The number of nitrogens with one attached hydrogen (secondary N) is 1. The molecule has 0 saturated carbocycles. The van der Waals surface area contributed by atoms with Gasteiger partial charge in [0.1, 0.15) is 0 Å². The molecule has 1 aromatic carbocycles. The highest BCUT2D eigenvalue weighted by Gasteiger charge is 2.41. The minimum atomic E-state index is -3.77. The van der Waals surface area contributed by atoms with Gasteiger partial charge in [0.15, 0.2) is 0 Å². The molecule has 0 spiro atoms. The summed E-state index contributed by atoms with van der Waals surface area (Å²) in [6, 6.07) is 5.64. The topological polar surface area (TPSA) is 78.9 Å². The van der Waals surface area contributed by atoms with Gasteiger partial charge in [-0.1, -0.05) is 17.7 Å². The first-order valence-electron chi connectivity index (χ1n) is 8.65. The highest BCUT2D eigenvalue weighted by Crippen LogP contribution is 2.28. The van der Waals surface area contributed by atoms with Crippen molar-refractivity contribution in [3.05, 3.63) is 29.8 Å². The van der Waals surface area contributed by atoms with Gasteiger partial charge in [0, 0.05) is 32.5 Å². The molecule has 26 heavy (non-hydrogen) atoms. The van der Waals surface area contributed by atoms with Crippen LogP contribution in [0.1, 0.15) is 18.4 Å². The van der Waals surface area contributed by atoms with Gasteiger partial charge in [-0.15, -0.1) is 0 Å². The van der Waals surface area contributed by atoms with Crippen molar-refractivity contribution in [2.75, 3.05) is 26.2 Å². The Morgan fingerprint density at radius 3 is 2.50 bits per heavy atom. The average molecular weight is 390 g/mol. The van der Waals surface area contributed by atoms with E-state index < -0.39 is 34.2 Å². The molecular formula is C17H24F2N2O4S. The normalized spacial score (nSPS) is 29.8. The Balaban J connectivity index is 1.57. The van der Waals surface area contributed by atoms with Crippen LogP contribution in [-0.2, 0) is 14.8 Å². The fourth-order valence-electron chi connectivity index (χ4n) is 3.25. The molecule has 0 unspecified atom stereocenters. The van der Waals surface area contributed by atoms with Crippen LogP contribution < -0.4 is 4.72 Å². The van der Waals surface area contributed by atoms with E-state index in [0.29, 0.717) is 6.54 Å². The van der Waals surface area contributed by atoms with Crippen LogP contribution in [0.4, 0.5) is 8.78 Å². The van der Waals surface area contributed by atoms with E-state index in [9.17, 15) is 22.3 Å². The molecule has 2 heterocycles. The number of halogens is 2. The summed E-state index contributed by atoms with van der Waals surface area (Å²) in [5, 5.41) is 10.4. The molecule has 2 N–H and O–H groups in total. The number of aliphatic hydroxyl groups is 1. The van der Waals surface area contributed by atoms with Gasteiger partial charge >= 0.3 is 0 Å². The molecule has 0 aromatic heterocycles. The lowest BCUT2D eigenvalue weighted by molar-refractivity contribution is -0.0674. The number of sulfonamides is 1. The fourth-order valence-corrected chi connectivity index (χ4v) is 4.49. The summed E-state index contributed by atoms with van der Waals surface area (Å²) in [5.74, 6) is -2.63. The summed E-state index contributed by atoms with van der Waals surface area (Å²) in [6.45, 7) is 2.68. The molecule has 0 radical (unpaired) electrons. The van der Waals surface area contributed by atoms with Crippen LogP contribution in [0.15, 0.2) is 29.2 Å². The van der Waals surface area contributed by atoms with Crippen LogP contribution in [0.5, 0.6) is 0 Å². The number of aryl methyl sites for hydroxylation is 1. The van der Waals surface area contributed by atoms with Crippen molar-refractivity contribution in [1.82, 2.24) is 9.62 Å². The van der Waals surface area contributed by atoms with Gasteiger partial charge in [0.2, 0.25) is 10.0 Å². The van der Waals surface area contributed by atoms with E-state index in [1.807, 2.05) is 11.8 Å². The molecule has 1 aromatic rings. The van der Waals surface area contributed by atoms with Crippen molar-refractivity contribution in [1.29, 1.82) is 0 Å². The van der Waals surface area contributed by atoms with Crippen LogP contribution in [0.3, 0.4) is 0 Å². The monoisotopic (exact) mass is 390 g/mol. The standard InChI is InChI=1S/C17H24F2N2O4S/c1-12-2-4-13(5-3-12)26(23,24)20-14-11-25-15(16(14)22)10-21-8-6-17(18,19)7-9-21/h2-5,14-16,20,22H,6-11H2,1H3/t14-,15-,16+/m0/s1. The second-order valence-corrected chi connectivity index (χ2v) is 8.77. The summed E-state index contributed by atoms with van der Waals surface area (Å²) < 4.78 is 59.3. The van der Waals surface area contributed by atoms with Crippen molar-refractivity contribution in [2.45, 2.75) is 48.8 Å². The molecule has 9 heteroatoms. The Morgan fingerprint density at radius 2 is 1.88 bits per heavy atom. The highest BCUT2D eigenvalue weighted by molar-refractivity contribution is 7.89. The third-order valence-electron chi connectivity index (χ3n) is 4.95. The maximum atomic E-state index is 13.2. The van der Waals surface area contributed by atoms with Gasteiger partial charge < -0.3 is 14.7 Å². The van der Waals surface area contributed by atoms with Crippen molar-refractivity contribution in [3.8, 4) is 0 Å². The SMILES string of the molecule is Cc1ccc(S(=O)(=O)N[C@H]2CO[C@@H](CN3CCC(F)(F)CC3)[C@@H]2O)cc1. The van der Waals surface area contributed by atoms with Crippen LogP contribution >= 0.6 is 0 Å². The smallest absolute Gasteiger partial charge is 0.250 e. The van der Waals surface area contributed by atoms with Gasteiger partial charge in [-0.05, 0) is 19.1 Å². The summed E-state index contributed by atoms with van der Waals surface area (Å²) in [6.07, 6.45) is -2.05. The molecule has 3 rings (SSSR count). The van der Waals surface area contributed by atoms with E-state index in [0.717, 1.165) is 5.56 Å². The number of alkyl halides is 2. The molecule has 0 aliphatic carbocycles. The lowest BCUT2D eigenvalue weighted by Gasteiger charge is -2.33. The number of hydrogen-bond acceptors (Lipinski definition) is 5. The molecule has 0 bridgehead atoms. The van der Waals surface area contributed by atoms with Crippen LogP contribution in [0.2, 0.25) is 0 Å². The van der Waals surface area contributed by atoms with E-state index in [1.54, 1.807) is 12.1 Å². The van der Waals surface area contributed by atoms with Crippen LogP contribution in [0, 0.1) is 6.92 Å². The summed E-state index contributed by atoms with van der Waals surface area (Å²) in [7, 11) is -3.77. The Kier molecular flexibility index (Phi) is 5.64. The average Bonchev–Trinajstić information content (AvgIpc) is 2.90. The second kappa shape index (κ2) is 7.47. The number of benzene rings is 1. The van der Waals surface area contributed by atoms with Gasteiger partial charge in [-0.25, -0.2) is 21.9 Å². The Labute approximate surface area is 152 Å². The van der Waals surface area contributed by atoms with E-state index in [4.69, 9.17) is 4.74 Å². The lowest BCUT2D eigenvalue weighted by Crippen LogP contribution is -2.48. The first kappa shape index (κ1) is 19.6. The Hall–Kier alpha value is -1.13. The van der Waals surface area contributed by atoms with Crippen molar-refractivity contribution < 1.29 is 27.0 Å². The van der Waals surface area contributed by atoms with Gasteiger partial charge in [0.05, 0.1) is 29.8 Å². The number of ether oxygens (including phenoxy) is 1. The van der Waals surface area contributed by atoms with Crippen LogP contribution in [0.25, 0.3) is 0 Å². The molecule has 3 atom stereocenters.